The predicted octanol–water partition coefficient (Wildman–Crippen LogP) is 3.81. The number of amides is 1. The van der Waals surface area contributed by atoms with E-state index in [1.807, 2.05) is 31.2 Å². The van der Waals surface area contributed by atoms with E-state index in [1.165, 1.54) is 0 Å². The number of carbonyl (C=O) groups excluding carboxylic acids is 1. The normalized spacial score (nSPS) is 10.2. The van der Waals surface area contributed by atoms with E-state index in [0.29, 0.717) is 34.4 Å². The number of carbonyl (C=O) groups is 1. The number of hydrogen-bond acceptors (Lipinski definition) is 7. The molecule has 0 spiro atoms. The van der Waals surface area contributed by atoms with Crippen molar-refractivity contribution in [3.8, 4) is 17.2 Å². The van der Waals surface area contributed by atoms with Gasteiger partial charge in [0.2, 0.25) is 5.75 Å². The summed E-state index contributed by atoms with van der Waals surface area (Å²) in [6.45, 7) is 1.96. The molecule has 8 heteroatoms. The summed E-state index contributed by atoms with van der Waals surface area (Å²) in [5.41, 5.74) is 2.64. The molecule has 0 aliphatic heterocycles. The van der Waals surface area contributed by atoms with Crippen LogP contribution in [0.25, 0.3) is 0 Å². The summed E-state index contributed by atoms with van der Waals surface area (Å²) in [4.78, 5) is 12.4. The molecule has 0 saturated heterocycles. The van der Waals surface area contributed by atoms with Gasteiger partial charge in [0.25, 0.3) is 5.91 Å². The lowest BCUT2D eigenvalue weighted by atomic mass is 10.2. The molecule has 1 aromatic heterocycles. The third kappa shape index (κ3) is 4.73. The highest BCUT2D eigenvalue weighted by molar-refractivity contribution is 6.02. The van der Waals surface area contributed by atoms with Gasteiger partial charge in [0.15, 0.2) is 23.0 Å². The quantitative estimate of drug-likeness (QED) is 0.629. The Kier molecular flexibility index (Phi) is 6.13. The number of nitrogens with zero attached hydrogens (tertiary/aromatic N) is 2. The van der Waals surface area contributed by atoms with Crippen LogP contribution in [0.2, 0.25) is 0 Å². The van der Waals surface area contributed by atoms with E-state index in [1.54, 1.807) is 45.6 Å². The van der Waals surface area contributed by atoms with Crippen LogP contribution in [-0.2, 0) is 0 Å². The van der Waals surface area contributed by atoms with Gasteiger partial charge in [-0.05, 0) is 36.8 Å². The molecule has 2 aromatic carbocycles. The lowest BCUT2D eigenvalue weighted by molar-refractivity contribution is 0.102. The van der Waals surface area contributed by atoms with Crippen LogP contribution in [0.15, 0.2) is 48.5 Å². The van der Waals surface area contributed by atoms with Gasteiger partial charge >= 0.3 is 0 Å². The van der Waals surface area contributed by atoms with Crippen molar-refractivity contribution in [2.75, 3.05) is 32.0 Å². The molecule has 29 heavy (non-hydrogen) atoms. The SMILES string of the molecule is COc1cc(Nc2ccc(C(=O)Nc3cccc(C)c3)nn2)cc(OC)c1OC. The number of benzene rings is 2. The maximum absolute atomic E-state index is 12.4. The van der Waals surface area contributed by atoms with Crippen molar-refractivity contribution in [1.82, 2.24) is 10.2 Å². The van der Waals surface area contributed by atoms with E-state index in [4.69, 9.17) is 14.2 Å². The van der Waals surface area contributed by atoms with Crippen molar-refractivity contribution < 1.29 is 19.0 Å². The largest absolute Gasteiger partial charge is 0.493 e. The van der Waals surface area contributed by atoms with Crippen molar-refractivity contribution in [2.24, 2.45) is 0 Å². The predicted molar refractivity (Wildman–Crippen MR) is 111 cm³/mol. The number of nitrogens with one attached hydrogen (secondary N) is 2. The Hall–Kier alpha value is -3.81. The summed E-state index contributed by atoms with van der Waals surface area (Å²) in [7, 11) is 4.63. The minimum absolute atomic E-state index is 0.210. The molecule has 0 atom stereocenters. The third-order valence-electron chi connectivity index (χ3n) is 4.11. The highest BCUT2D eigenvalue weighted by Gasteiger charge is 2.14. The molecule has 0 aliphatic rings. The Morgan fingerprint density at radius 3 is 2.14 bits per heavy atom. The molecule has 1 amide bonds. The number of rotatable bonds is 7. The molecular weight excluding hydrogens is 372 g/mol. The van der Waals surface area contributed by atoms with Gasteiger partial charge in [0, 0.05) is 23.5 Å². The second-order valence-corrected chi connectivity index (χ2v) is 6.17. The van der Waals surface area contributed by atoms with Gasteiger partial charge in [-0.2, -0.15) is 0 Å². The molecule has 3 rings (SSSR count). The van der Waals surface area contributed by atoms with Gasteiger partial charge in [-0.1, -0.05) is 12.1 Å². The van der Waals surface area contributed by atoms with Gasteiger partial charge in [-0.15, -0.1) is 10.2 Å². The molecule has 0 unspecified atom stereocenters. The Labute approximate surface area is 168 Å². The van der Waals surface area contributed by atoms with Gasteiger partial charge in [0.05, 0.1) is 21.3 Å². The van der Waals surface area contributed by atoms with E-state index in [9.17, 15) is 4.79 Å². The minimum atomic E-state index is -0.331. The van der Waals surface area contributed by atoms with Gasteiger partial charge in [-0.3, -0.25) is 4.79 Å². The maximum Gasteiger partial charge on any atom is 0.276 e. The molecule has 0 aliphatic carbocycles. The number of aryl methyl sites for hydroxylation is 1. The first-order chi connectivity index (χ1) is 14.0. The number of hydrogen-bond donors (Lipinski definition) is 2. The zero-order valence-corrected chi connectivity index (χ0v) is 16.6. The zero-order chi connectivity index (χ0) is 20.8. The number of aromatic nitrogens is 2. The first kappa shape index (κ1) is 19.9. The monoisotopic (exact) mass is 394 g/mol. The van der Waals surface area contributed by atoms with Crippen molar-refractivity contribution >= 4 is 23.1 Å². The fourth-order valence-corrected chi connectivity index (χ4v) is 2.74. The topological polar surface area (TPSA) is 94.6 Å². The van der Waals surface area contributed by atoms with Gasteiger partial charge < -0.3 is 24.8 Å². The molecule has 150 valence electrons. The van der Waals surface area contributed by atoms with Crippen LogP contribution in [0.3, 0.4) is 0 Å². The molecule has 0 saturated carbocycles. The number of anilines is 3. The summed E-state index contributed by atoms with van der Waals surface area (Å²) < 4.78 is 16.0. The Morgan fingerprint density at radius 2 is 1.59 bits per heavy atom. The van der Waals surface area contributed by atoms with Crippen LogP contribution in [0.5, 0.6) is 17.2 Å². The lowest BCUT2D eigenvalue weighted by Crippen LogP contribution is -2.14. The van der Waals surface area contributed by atoms with E-state index in [2.05, 4.69) is 20.8 Å². The lowest BCUT2D eigenvalue weighted by Gasteiger charge is -2.14. The third-order valence-corrected chi connectivity index (χ3v) is 4.11. The van der Waals surface area contributed by atoms with E-state index < -0.39 is 0 Å². The Morgan fingerprint density at radius 1 is 0.862 bits per heavy atom. The summed E-state index contributed by atoms with van der Waals surface area (Å²) >= 11 is 0. The molecule has 8 nitrogen and oxygen atoms in total. The first-order valence-corrected chi connectivity index (χ1v) is 8.83. The molecule has 0 fully saturated rings. The minimum Gasteiger partial charge on any atom is -0.493 e. The Bertz CT molecular complexity index is 981. The second-order valence-electron chi connectivity index (χ2n) is 6.17. The number of ether oxygens (including phenoxy) is 3. The summed E-state index contributed by atoms with van der Waals surface area (Å²) in [5, 5.41) is 14.0. The van der Waals surface area contributed by atoms with Crippen molar-refractivity contribution in [2.45, 2.75) is 6.92 Å². The van der Waals surface area contributed by atoms with Crippen LogP contribution < -0.4 is 24.8 Å². The van der Waals surface area contributed by atoms with E-state index >= 15 is 0 Å². The summed E-state index contributed by atoms with van der Waals surface area (Å²) in [6, 6.07) is 14.3. The smallest absolute Gasteiger partial charge is 0.276 e. The molecule has 2 N–H and O–H groups in total. The maximum atomic E-state index is 12.4. The van der Waals surface area contributed by atoms with Crippen molar-refractivity contribution in [1.29, 1.82) is 0 Å². The average molecular weight is 394 g/mol. The highest BCUT2D eigenvalue weighted by Crippen LogP contribution is 2.40. The standard InChI is InChI=1S/C21H22N4O4/c1-13-6-5-7-14(10-13)23-21(26)16-8-9-19(25-24-16)22-15-11-17(27-2)20(29-4)18(12-15)28-3/h5-12H,1-4H3,(H,22,25)(H,23,26). The second kappa shape index (κ2) is 8.92. The first-order valence-electron chi connectivity index (χ1n) is 8.83. The van der Waals surface area contributed by atoms with Gasteiger partial charge in [0.1, 0.15) is 0 Å². The fourth-order valence-electron chi connectivity index (χ4n) is 2.74. The average Bonchev–Trinajstić information content (AvgIpc) is 2.73. The van der Waals surface area contributed by atoms with Crippen molar-refractivity contribution in [3.63, 3.8) is 0 Å². The van der Waals surface area contributed by atoms with Crippen LogP contribution in [0, 0.1) is 6.92 Å². The summed E-state index contributed by atoms with van der Waals surface area (Å²) in [6.07, 6.45) is 0. The number of methoxy groups -OCH3 is 3. The fraction of sp³-hybridized carbons (Fsp3) is 0.190. The molecule has 3 aromatic rings. The van der Waals surface area contributed by atoms with E-state index in [0.717, 1.165) is 5.56 Å². The zero-order valence-electron chi connectivity index (χ0n) is 16.6. The summed E-state index contributed by atoms with van der Waals surface area (Å²) in [5.74, 6) is 1.65. The molecule has 0 bridgehead atoms. The van der Waals surface area contributed by atoms with Gasteiger partial charge in [-0.25, -0.2) is 0 Å². The van der Waals surface area contributed by atoms with Crippen LogP contribution in [0.4, 0.5) is 17.2 Å². The van der Waals surface area contributed by atoms with Crippen LogP contribution in [0.1, 0.15) is 16.1 Å². The van der Waals surface area contributed by atoms with Crippen molar-refractivity contribution in [3.05, 3.63) is 59.8 Å². The molecule has 1 heterocycles. The Balaban J connectivity index is 1.74. The van der Waals surface area contributed by atoms with Crippen LogP contribution >= 0.6 is 0 Å². The molecular formula is C21H22N4O4. The highest BCUT2D eigenvalue weighted by atomic mass is 16.5. The van der Waals surface area contributed by atoms with Crippen LogP contribution in [-0.4, -0.2) is 37.4 Å². The van der Waals surface area contributed by atoms with E-state index in [-0.39, 0.29) is 11.6 Å². The molecule has 0 radical (unpaired) electrons.